The summed E-state index contributed by atoms with van der Waals surface area (Å²) in [5.74, 6) is -0.366. The number of likely N-dealkylation sites (tertiary alicyclic amines) is 1. The molecule has 2 atom stereocenters. The van der Waals surface area contributed by atoms with Crippen LogP contribution in [0.2, 0.25) is 0 Å². The molecule has 1 aliphatic rings. The predicted octanol–water partition coefficient (Wildman–Crippen LogP) is 0.401. The topological polar surface area (TPSA) is 67.6 Å². The highest BCUT2D eigenvalue weighted by Gasteiger charge is 2.36. The fourth-order valence-corrected chi connectivity index (χ4v) is 2.64. The van der Waals surface area contributed by atoms with Crippen LogP contribution in [-0.4, -0.2) is 51.6 Å². The predicted molar refractivity (Wildman–Crippen MR) is 69.4 cm³/mol. The Kier molecular flexibility index (Phi) is 4.55. The Balaban J connectivity index is 2.14. The van der Waals surface area contributed by atoms with E-state index in [-0.39, 0.29) is 5.97 Å². The second-order valence-corrected chi connectivity index (χ2v) is 4.79. The Hall–Kier alpha value is -1.40. The summed E-state index contributed by atoms with van der Waals surface area (Å²) < 4.78 is 6.70. The van der Waals surface area contributed by atoms with Crippen molar-refractivity contribution in [1.82, 2.24) is 14.7 Å². The number of hydrogen-bond acceptors (Lipinski definition) is 5. The van der Waals surface area contributed by atoms with E-state index in [0.717, 1.165) is 25.2 Å². The number of hydrogen-bond donors (Lipinski definition) is 1. The van der Waals surface area contributed by atoms with Crippen molar-refractivity contribution in [3.8, 4) is 0 Å². The quantitative estimate of drug-likeness (QED) is 0.800. The average molecular weight is 267 g/mol. The normalized spacial score (nSPS) is 24.4. The molecule has 1 aromatic heterocycles. The number of carbonyl (C=O) groups is 1. The molecule has 0 unspecified atom stereocenters. The second kappa shape index (κ2) is 6.16. The van der Waals surface area contributed by atoms with Crippen LogP contribution in [0, 0.1) is 0 Å². The molecular weight excluding hydrogens is 246 g/mol. The van der Waals surface area contributed by atoms with Gasteiger partial charge in [0.05, 0.1) is 18.9 Å². The van der Waals surface area contributed by atoms with Crippen LogP contribution in [0.5, 0.6) is 0 Å². The van der Waals surface area contributed by atoms with Gasteiger partial charge in [-0.1, -0.05) is 0 Å². The van der Waals surface area contributed by atoms with Crippen LogP contribution in [0.4, 0.5) is 0 Å². The van der Waals surface area contributed by atoms with Crippen molar-refractivity contribution in [2.75, 3.05) is 13.7 Å². The van der Waals surface area contributed by atoms with Crippen molar-refractivity contribution in [2.24, 2.45) is 0 Å². The second-order valence-electron chi connectivity index (χ2n) is 4.79. The molecule has 106 valence electrons. The van der Waals surface area contributed by atoms with Crippen LogP contribution in [0.3, 0.4) is 0 Å². The molecule has 1 aromatic rings. The lowest BCUT2D eigenvalue weighted by atomic mass is 9.98. The van der Waals surface area contributed by atoms with Crippen molar-refractivity contribution in [3.05, 3.63) is 18.0 Å². The number of esters is 1. The van der Waals surface area contributed by atoms with E-state index in [9.17, 15) is 9.90 Å². The standard InChI is InChI=1S/C13H21N3O3/c1-3-16-10(6-7-14-16)9-15-8-4-5-11(17)12(15)13(18)19-2/h6-7,11-12,17H,3-5,8-9H2,1-2H3/t11-,12-/m1/s1. The van der Waals surface area contributed by atoms with Crippen molar-refractivity contribution in [1.29, 1.82) is 0 Å². The minimum absolute atomic E-state index is 0.366. The maximum atomic E-state index is 11.8. The molecule has 0 bridgehead atoms. The zero-order valence-electron chi connectivity index (χ0n) is 11.5. The molecule has 6 nitrogen and oxygen atoms in total. The van der Waals surface area contributed by atoms with Crippen LogP contribution in [0.1, 0.15) is 25.5 Å². The van der Waals surface area contributed by atoms with Crippen LogP contribution in [0.15, 0.2) is 12.3 Å². The molecule has 1 saturated heterocycles. The number of piperidine rings is 1. The third-order valence-electron chi connectivity index (χ3n) is 3.61. The largest absolute Gasteiger partial charge is 0.468 e. The van der Waals surface area contributed by atoms with Gasteiger partial charge in [-0.25, -0.2) is 0 Å². The lowest BCUT2D eigenvalue weighted by molar-refractivity contribution is -0.154. The number of aromatic nitrogens is 2. The van der Waals surface area contributed by atoms with Gasteiger partial charge in [-0.05, 0) is 32.4 Å². The van der Waals surface area contributed by atoms with Gasteiger partial charge in [0.2, 0.25) is 0 Å². The first kappa shape index (κ1) is 14.0. The van der Waals surface area contributed by atoms with Crippen LogP contribution in [-0.2, 0) is 22.6 Å². The average Bonchev–Trinajstić information content (AvgIpc) is 2.85. The molecule has 1 fully saturated rings. The molecule has 19 heavy (non-hydrogen) atoms. The fourth-order valence-electron chi connectivity index (χ4n) is 2.64. The molecule has 1 N–H and O–H groups in total. The van der Waals surface area contributed by atoms with Gasteiger partial charge in [-0.3, -0.25) is 14.4 Å². The third kappa shape index (κ3) is 2.96. The smallest absolute Gasteiger partial charge is 0.325 e. The van der Waals surface area contributed by atoms with Gasteiger partial charge in [0, 0.05) is 19.3 Å². The van der Waals surface area contributed by atoms with Gasteiger partial charge >= 0.3 is 5.97 Å². The Labute approximate surface area is 113 Å². The molecule has 1 aliphatic heterocycles. The molecule has 0 saturated carbocycles. The van der Waals surface area contributed by atoms with Gasteiger partial charge < -0.3 is 9.84 Å². The summed E-state index contributed by atoms with van der Waals surface area (Å²) in [6.45, 7) is 4.21. The Bertz CT molecular complexity index is 433. The van der Waals surface area contributed by atoms with E-state index in [1.165, 1.54) is 7.11 Å². The molecule has 0 aliphatic carbocycles. The minimum atomic E-state index is -0.654. The lowest BCUT2D eigenvalue weighted by Gasteiger charge is -2.36. The molecule has 0 spiro atoms. The van der Waals surface area contributed by atoms with Crippen molar-refractivity contribution in [2.45, 2.75) is 45.0 Å². The third-order valence-corrected chi connectivity index (χ3v) is 3.61. The Morgan fingerprint density at radius 1 is 1.63 bits per heavy atom. The van der Waals surface area contributed by atoms with Gasteiger partial charge in [0.1, 0.15) is 6.04 Å². The van der Waals surface area contributed by atoms with Crippen molar-refractivity contribution in [3.63, 3.8) is 0 Å². The number of ether oxygens (including phenoxy) is 1. The SMILES string of the molecule is CCn1nccc1CN1CCC[C@@H](O)[C@@H]1C(=O)OC. The van der Waals surface area contributed by atoms with E-state index in [1.807, 2.05) is 22.6 Å². The number of carbonyl (C=O) groups excluding carboxylic acids is 1. The summed E-state index contributed by atoms with van der Waals surface area (Å²) in [6.07, 6.45) is 2.63. The van der Waals surface area contributed by atoms with Crippen molar-refractivity contribution >= 4 is 5.97 Å². The first-order valence-electron chi connectivity index (χ1n) is 6.68. The van der Waals surface area contributed by atoms with Gasteiger partial charge in [-0.15, -0.1) is 0 Å². The summed E-state index contributed by atoms with van der Waals surface area (Å²) in [5.41, 5.74) is 1.05. The van der Waals surface area contributed by atoms with E-state index in [2.05, 4.69) is 5.10 Å². The van der Waals surface area contributed by atoms with E-state index >= 15 is 0 Å². The number of aryl methyl sites for hydroxylation is 1. The number of rotatable bonds is 4. The van der Waals surface area contributed by atoms with E-state index in [4.69, 9.17) is 4.74 Å². The highest BCUT2D eigenvalue weighted by Crippen LogP contribution is 2.21. The first-order valence-corrected chi connectivity index (χ1v) is 6.68. The molecule has 2 rings (SSSR count). The first-order chi connectivity index (χ1) is 9.17. The van der Waals surface area contributed by atoms with Gasteiger partial charge in [-0.2, -0.15) is 5.10 Å². The molecule has 0 amide bonds. The van der Waals surface area contributed by atoms with Crippen LogP contribution < -0.4 is 0 Å². The van der Waals surface area contributed by atoms with Crippen LogP contribution >= 0.6 is 0 Å². The number of nitrogens with zero attached hydrogens (tertiary/aromatic N) is 3. The summed E-state index contributed by atoms with van der Waals surface area (Å²) >= 11 is 0. The molecular formula is C13H21N3O3. The zero-order valence-corrected chi connectivity index (χ0v) is 11.5. The molecule has 6 heteroatoms. The summed E-state index contributed by atoms with van der Waals surface area (Å²) in [5, 5.41) is 14.3. The Morgan fingerprint density at radius 2 is 2.42 bits per heavy atom. The highest BCUT2D eigenvalue weighted by molar-refractivity contribution is 5.76. The van der Waals surface area contributed by atoms with Crippen molar-refractivity contribution < 1.29 is 14.6 Å². The number of aliphatic hydroxyl groups excluding tert-OH is 1. The van der Waals surface area contributed by atoms with Gasteiger partial charge in [0.15, 0.2) is 0 Å². The maximum absolute atomic E-state index is 11.8. The highest BCUT2D eigenvalue weighted by atomic mass is 16.5. The van der Waals surface area contributed by atoms with E-state index in [1.54, 1.807) is 6.20 Å². The summed E-state index contributed by atoms with van der Waals surface area (Å²) in [7, 11) is 1.36. The Morgan fingerprint density at radius 3 is 3.11 bits per heavy atom. The molecule has 0 radical (unpaired) electrons. The lowest BCUT2D eigenvalue weighted by Crippen LogP contribution is -2.52. The minimum Gasteiger partial charge on any atom is -0.468 e. The summed E-state index contributed by atoms with van der Waals surface area (Å²) in [4.78, 5) is 13.8. The van der Waals surface area contributed by atoms with E-state index < -0.39 is 12.1 Å². The number of aliphatic hydroxyl groups is 1. The van der Waals surface area contributed by atoms with E-state index in [0.29, 0.717) is 13.0 Å². The monoisotopic (exact) mass is 267 g/mol. The van der Waals surface area contributed by atoms with Crippen LogP contribution in [0.25, 0.3) is 0 Å². The fraction of sp³-hybridized carbons (Fsp3) is 0.692. The number of methoxy groups -OCH3 is 1. The van der Waals surface area contributed by atoms with Gasteiger partial charge in [0.25, 0.3) is 0 Å². The maximum Gasteiger partial charge on any atom is 0.325 e. The molecule has 2 heterocycles. The summed E-state index contributed by atoms with van der Waals surface area (Å²) in [6, 6.07) is 1.37. The molecule has 0 aromatic carbocycles. The zero-order chi connectivity index (χ0) is 13.8.